The first-order valence-corrected chi connectivity index (χ1v) is 7.46. The van der Waals surface area contributed by atoms with Crippen molar-refractivity contribution in [1.82, 2.24) is 4.31 Å². The van der Waals surface area contributed by atoms with Crippen LogP contribution >= 0.6 is 0 Å². The molecule has 0 amide bonds. The molecule has 0 radical (unpaired) electrons. The molecule has 1 rings (SSSR count). The molecule has 0 bridgehead atoms. The maximum atomic E-state index is 12.6. The molecule has 18 heavy (non-hydrogen) atoms. The molecule has 4 nitrogen and oxygen atoms in total. The molecule has 0 aliphatic heterocycles. The van der Waals surface area contributed by atoms with Crippen LogP contribution in [0.2, 0.25) is 0 Å². The highest BCUT2D eigenvalue weighted by Crippen LogP contribution is 2.11. The molecule has 0 aromatic heterocycles. The smallest absolute Gasteiger partial charge is 0.217 e. The molecule has 1 aromatic rings. The van der Waals surface area contributed by atoms with Gasteiger partial charge in [-0.25, -0.2) is 17.1 Å². The Balaban J connectivity index is 2.48. The highest BCUT2D eigenvalue weighted by Gasteiger charge is 2.18. The van der Waals surface area contributed by atoms with Crippen molar-refractivity contribution in [3.8, 4) is 5.75 Å². The van der Waals surface area contributed by atoms with Crippen LogP contribution in [0.3, 0.4) is 0 Å². The first-order chi connectivity index (χ1) is 8.49. The standard InChI is InChI=1S/C12H18FNO3S/c1-3-14(4-2)18(15,16)10-9-17-12-7-5-11(13)6-8-12/h5-8H,3-4,9-10H2,1-2H3. The largest absolute Gasteiger partial charge is 0.492 e. The Hall–Kier alpha value is -1.14. The summed E-state index contributed by atoms with van der Waals surface area (Å²) < 4.78 is 42.9. The topological polar surface area (TPSA) is 46.6 Å². The number of halogens is 1. The molecule has 0 spiro atoms. The minimum atomic E-state index is -3.27. The first-order valence-electron chi connectivity index (χ1n) is 5.85. The van der Waals surface area contributed by atoms with E-state index in [1.165, 1.54) is 28.6 Å². The quantitative estimate of drug-likeness (QED) is 0.763. The number of hydrogen-bond acceptors (Lipinski definition) is 3. The Morgan fingerprint density at radius 3 is 2.22 bits per heavy atom. The van der Waals surface area contributed by atoms with E-state index in [0.717, 1.165) is 0 Å². The van der Waals surface area contributed by atoms with Crippen LogP contribution in [0, 0.1) is 5.82 Å². The molecule has 0 saturated carbocycles. The fourth-order valence-corrected chi connectivity index (χ4v) is 2.88. The third-order valence-corrected chi connectivity index (χ3v) is 4.51. The van der Waals surface area contributed by atoms with E-state index in [2.05, 4.69) is 0 Å². The summed E-state index contributed by atoms with van der Waals surface area (Å²) in [7, 11) is -3.27. The van der Waals surface area contributed by atoms with Gasteiger partial charge < -0.3 is 4.74 Å². The van der Waals surface area contributed by atoms with Crippen molar-refractivity contribution in [2.45, 2.75) is 13.8 Å². The molecule has 0 unspecified atom stereocenters. The van der Waals surface area contributed by atoms with E-state index in [1.807, 2.05) is 0 Å². The van der Waals surface area contributed by atoms with Crippen molar-refractivity contribution in [1.29, 1.82) is 0 Å². The minimum Gasteiger partial charge on any atom is -0.492 e. The summed E-state index contributed by atoms with van der Waals surface area (Å²) in [5.41, 5.74) is 0. The van der Waals surface area contributed by atoms with Crippen LogP contribution in [0.5, 0.6) is 5.75 Å². The summed E-state index contributed by atoms with van der Waals surface area (Å²) >= 11 is 0. The SMILES string of the molecule is CCN(CC)S(=O)(=O)CCOc1ccc(F)cc1. The highest BCUT2D eigenvalue weighted by atomic mass is 32.2. The summed E-state index contributed by atoms with van der Waals surface area (Å²) in [6, 6.07) is 5.49. The monoisotopic (exact) mass is 275 g/mol. The molecular weight excluding hydrogens is 257 g/mol. The van der Waals surface area contributed by atoms with Crippen LogP contribution in [-0.4, -0.2) is 38.2 Å². The second-order valence-electron chi connectivity index (χ2n) is 3.70. The lowest BCUT2D eigenvalue weighted by Crippen LogP contribution is -2.34. The zero-order chi connectivity index (χ0) is 13.6. The van der Waals surface area contributed by atoms with Gasteiger partial charge in [-0.2, -0.15) is 0 Å². The minimum absolute atomic E-state index is 0.0600. The van der Waals surface area contributed by atoms with Gasteiger partial charge in [0, 0.05) is 13.1 Å². The van der Waals surface area contributed by atoms with Gasteiger partial charge in [0.2, 0.25) is 10.0 Å². The van der Waals surface area contributed by atoms with Gasteiger partial charge >= 0.3 is 0 Å². The van der Waals surface area contributed by atoms with E-state index in [1.54, 1.807) is 13.8 Å². The summed E-state index contributed by atoms with van der Waals surface area (Å²) in [5.74, 6) is 0.0377. The predicted octanol–water partition coefficient (Wildman–Crippen LogP) is 1.88. The Labute approximate surface area is 107 Å². The van der Waals surface area contributed by atoms with Crippen LogP contribution in [0.25, 0.3) is 0 Å². The van der Waals surface area contributed by atoms with Gasteiger partial charge in [-0.1, -0.05) is 13.8 Å². The Morgan fingerprint density at radius 1 is 1.17 bits per heavy atom. The fourth-order valence-electron chi connectivity index (χ4n) is 1.54. The summed E-state index contributed by atoms with van der Waals surface area (Å²) in [5, 5.41) is 0. The lowest BCUT2D eigenvalue weighted by molar-refractivity contribution is 0.335. The van der Waals surface area contributed by atoms with Crippen molar-refractivity contribution < 1.29 is 17.5 Å². The second kappa shape index (κ2) is 6.70. The average molecular weight is 275 g/mol. The summed E-state index contributed by atoms with van der Waals surface area (Å²) in [6.45, 7) is 4.55. The average Bonchev–Trinajstić information content (AvgIpc) is 2.32. The van der Waals surface area contributed by atoms with E-state index in [0.29, 0.717) is 18.8 Å². The van der Waals surface area contributed by atoms with E-state index in [9.17, 15) is 12.8 Å². The van der Waals surface area contributed by atoms with Crippen LogP contribution in [0.15, 0.2) is 24.3 Å². The van der Waals surface area contributed by atoms with Gasteiger partial charge in [-0.05, 0) is 24.3 Å². The zero-order valence-electron chi connectivity index (χ0n) is 10.6. The van der Waals surface area contributed by atoms with Gasteiger partial charge in [-0.3, -0.25) is 0 Å². The Morgan fingerprint density at radius 2 is 1.72 bits per heavy atom. The zero-order valence-corrected chi connectivity index (χ0v) is 11.4. The van der Waals surface area contributed by atoms with Crippen molar-refractivity contribution in [3.63, 3.8) is 0 Å². The predicted molar refractivity (Wildman–Crippen MR) is 68.6 cm³/mol. The van der Waals surface area contributed by atoms with E-state index in [4.69, 9.17) is 4.74 Å². The number of ether oxygens (including phenoxy) is 1. The fraction of sp³-hybridized carbons (Fsp3) is 0.500. The van der Waals surface area contributed by atoms with E-state index in [-0.39, 0.29) is 18.2 Å². The van der Waals surface area contributed by atoms with Crippen molar-refractivity contribution in [2.75, 3.05) is 25.4 Å². The summed E-state index contributed by atoms with van der Waals surface area (Å²) in [4.78, 5) is 0. The van der Waals surface area contributed by atoms with Crippen LogP contribution < -0.4 is 4.74 Å². The number of rotatable bonds is 7. The van der Waals surface area contributed by atoms with Crippen LogP contribution in [-0.2, 0) is 10.0 Å². The maximum absolute atomic E-state index is 12.6. The first kappa shape index (κ1) is 14.9. The molecule has 0 atom stereocenters. The van der Waals surface area contributed by atoms with Crippen LogP contribution in [0.4, 0.5) is 4.39 Å². The third-order valence-electron chi connectivity index (χ3n) is 2.52. The number of benzene rings is 1. The number of nitrogens with zero attached hydrogens (tertiary/aromatic N) is 1. The van der Waals surface area contributed by atoms with Gasteiger partial charge in [0.15, 0.2) is 0 Å². The van der Waals surface area contributed by atoms with Crippen molar-refractivity contribution in [2.24, 2.45) is 0 Å². The Kier molecular flexibility index (Phi) is 5.55. The van der Waals surface area contributed by atoms with E-state index < -0.39 is 10.0 Å². The van der Waals surface area contributed by atoms with Gasteiger partial charge in [-0.15, -0.1) is 0 Å². The van der Waals surface area contributed by atoms with Gasteiger partial charge in [0.05, 0.1) is 5.75 Å². The lowest BCUT2D eigenvalue weighted by atomic mass is 10.3. The Bertz CT molecular complexity index is 455. The number of sulfonamides is 1. The molecule has 0 fully saturated rings. The molecule has 0 aliphatic carbocycles. The van der Waals surface area contributed by atoms with Crippen molar-refractivity contribution >= 4 is 10.0 Å². The second-order valence-corrected chi connectivity index (χ2v) is 5.79. The molecule has 102 valence electrons. The maximum Gasteiger partial charge on any atom is 0.217 e. The molecule has 6 heteroatoms. The van der Waals surface area contributed by atoms with Crippen LogP contribution in [0.1, 0.15) is 13.8 Å². The molecule has 1 aromatic carbocycles. The molecule has 0 heterocycles. The number of hydrogen-bond donors (Lipinski definition) is 0. The summed E-state index contributed by atoms with van der Waals surface area (Å²) in [6.07, 6.45) is 0. The van der Waals surface area contributed by atoms with Crippen molar-refractivity contribution in [3.05, 3.63) is 30.1 Å². The molecule has 0 saturated heterocycles. The molecule has 0 aliphatic rings. The molecule has 0 N–H and O–H groups in total. The van der Waals surface area contributed by atoms with Gasteiger partial charge in [0.1, 0.15) is 18.2 Å². The third kappa shape index (κ3) is 4.27. The van der Waals surface area contributed by atoms with Gasteiger partial charge in [0.25, 0.3) is 0 Å². The normalized spacial score (nSPS) is 11.8. The highest BCUT2D eigenvalue weighted by molar-refractivity contribution is 7.89. The molecular formula is C12H18FNO3S. The van der Waals surface area contributed by atoms with E-state index >= 15 is 0 Å². The lowest BCUT2D eigenvalue weighted by Gasteiger charge is -2.18.